The highest BCUT2D eigenvalue weighted by Gasteiger charge is 2.28. The van der Waals surface area contributed by atoms with Crippen LogP contribution >= 0.6 is 0 Å². The van der Waals surface area contributed by atoms with Crippen LogP contribution in [0, 0.1) is 5.92 Å². The predicted molar refractivity (Wildman–Crippen MR) is 67.6 cm³/mol. The summed E-state index contributed by atoms with van der Waals surface area (Å²) in [6, 6.07) is -0.0572. The number of nitrogens with one attached hydrogen (secondary N) is 1. The lowest BCUT2D eigenvalue weighted by Gasteiger charge is -2.34. The molecule has 1 rings (SSSR count). The summed E-state index contributed by atoms with van der Waals surface area (Å²) in [6.45, 7) is 6.45. The van der Waals surface area contributed by atoms with Crippen LogP contribution in [0.2, 0.25) is 0 Å². The first-order chi connectivity index (χ1) is 8.40. The maximum absolute atomic E-state index is 12.1. The third-order valence-electron chi connectivity index (χ3n) is 3.48. The highest BCUT2D eigenvalue weighted by molar-refractivity contribution is 4.77. The number of piperidine rings is 1. The molecule has 5 heteroatoms. The van der Waals surface area contributed by atoms with Gasteiger partial charge in [0.1, 0.15) is 0 Å². The fourth-order valence-electron chi connectivity index (χ4n) is 2.74. The van der Waals surface area contributed by atoms with Crippen molar-refractivity contribution in [3.63, 3.8) is 0 Å². The van der Waals surface area contributed by atoms with E-state index >= 15 is 0 Å². The van der Waals surface area contributed by atoms with Crippen LogP contribution in [0.3, 0.4) is 0 Å². The van der Waals surface area contributed by atoms with E-state index in [-0.39, 0.29) is 6.04 Å². The lowest BCUT2D eigenvalue weighted by molar-refractivity contribution is -0.126. The summed E-state index contributed by atoms with van der Waals surface area (Å²) in [5, 5.41) is 2.57. The first-order valence-electron chi connectivity index (χ1n) is 6.93. The summed E-state index contributed by atoms with van der Waals surface area (Å²) >= 11 is 0. The highest BCUT2D eigenvalue weighted by Crippen LogP contribution is 2.21. The van der Waals surface area contributed by atoms with E-state index in [4.69, 9.17) is 0 Å². The molecule has 0 bridgehead atoms. The molecule has 0 spiro atoms. The molecule has 0 aliphatic carbocycles. The minimum Gasteiger partial charge on any atom is -0.306 e. The van der Waals surface area contributed by atoms with Gasteiger partial charge < -0.3 is 10.2 Å². The summed E-state index contributed by atoms with van der Waals surface area (Å²) in [5.74, 6) is 0.543. The maximum atomic E-state index is 12.1. The van der Waals surface area contributed by atoms with E-state index in [9.17, 15) is 13.2 Å². The Kier molecular flexibility index (Phi) is 6.43. The first-order valence-corrected chi connectivity index (χ1v) is 6.93. The van der Waals surface area contributed by atoms with Gasteiger partial charge in [-0.05, 0) is 51.6 Å². The van der Waals surface area contributed by atoms with Crippen LogP contribution in [0.1, 0.15) is 39.5 Å². The van der Waals surface area contributed by atoms with Gasteiger partial charge in [-0.2, -0.15) is 13.2 Å². The van der Waals surface area contributed by atoms with Crippen molar-refractivity contribution in [2.24, 2.45) is 5.92 Å². The number of halogens is 3. The number of hydrogen-bond donors (Lipinski definition) is 1. The summed E-state index contributed by atoms with van der Waals surface area (Å²) in [4.78, 5) is 2.44. The fourth-order valence-corrected chi connectivity index (χ4v) is 2.74. The normalized spacial score (nSPS) is 24.2. The van der Waals surface area contributed by atoms with Gasteiger partial charge >= 0.3 is 6.18 Å². The Morgan fingerprint density at radius 3 is 2.72 bits per heavy atom. The van der Waals surface area contributed by atoms with Crippen molar-refractivity contribution in [1.82, 2.24) is 10.2 Å². The standard InChI is InChI=1S/C13H25F3N2/c1-3-6-18-7-4-5-12(9-18)8-11(2)17-10-13(14,15)16/h11-12,17H,3-10H2,1-2H3. The molecule has 18 heavy (non-hydrogen) atoms. The van der Waals surface area contributed by atoms with E-state index in [2.05, 4.69) is 17.1 Å². The molecule has 2 unspecified atom stereocenters. The number of nitrogens with zero attached hydrogens (tertiary/aromatic N) is 1. The second kappa shape index (κ2) is 7.34. The van der Waals surface area contributed by atoms with Gasteiger partial charge in [-0.3, -0.25) is 0 Å². The highest BCUT2D eigenvalue weighted by atomic mass is 19.4. The van der Waals surface area contributed by atoms with Crippen molar-refractivity contribution < 1.29 is 13.2 Å². The third-order valence-corrected chi connectivity index (χ3v) is 3.48. The molecule has 1 heterocycles. The van der Waals surface area contributed by atoms with Crippen molar-refractivity contribution in [1.29, 1.82) is 0 Å². The topological polar surface area (TPSA) is 15.3 Å². The van der Waals surface area contributed by atoms with Crippen LogP contribution in [-0.4, -0.2) is 43.3 Å². The van der Waals surface area contributed by atoms with Gasteiger partial charge in [0.05, 0.1) is 6.54 Å². The molecule has 0 aromatic heterocycles. The number of rotatable bonds is 6. The third kappa shape index (κ3) is 6.59. The molecule has 1 aliphatic rings. The molecular formula is C13H25F3N2. The Hall–Kier alpha value is -0.290. The Bertz CT molecular complexity index is 229. The van der Waals surface area contributed by atoms with Gasteiger partial charge in [0.25, 0.3) is 0 Å². The summed E-state index contributed by atoms with van der Waals surface area (Å²) in [5.41, 5.74) is 0. The second-order valence-corrected chi connectivity index (χ2v) is 5.44. The lowest BCUT2D eigenvalue weighted by Crippen LogP contribution is -2.40. The van der Waals surface area contributed by atoms with Crippen molar-refractivity contribution in [2.45, 2.75) is 51.7 Å². The predicted octanol–water partition coefficient (Wildman–Crippen LogP) is 3.04. The Morgan fingerprint density at radius 2 is 2.11 bits per heavy atom. The van der Waals surface area contributed by atoms with E-state index in [1.165, 1.54) is 6.42 Å². The van der Waals surface area contributed by atoms with Crippen LogP contribution in [0.25, 0.3) is 0 Å². The average molecular weight is 266 g/mol. The molecule has 0 saturated carbocycles. The van der Waals surface area contributed by atoms with E-state index < -0.39 is 12.7 Å². The zero-order valence-electron chi connectivity index (χ0n) is 11.4. The van der Waals surface area contributed by atoms with Crippen molar-refractivity contribution in [3.05, 3.63) is 0 Å². The minimum absolute atomic E-state index is 0.0572. The van der Waals surface area contributed by atoms with E-state index in [1.54, 1.807) is 0 Å². The summed E-state index contributed by atoms with van der Waals surface area (Å²) < 4.78 is 36.3. The quantitative estimate of drug-likeness (QED) is 0.795. The van der Waals surface area contributed by atoms with Crippen LogP contribution in [0.15, 0.2) is 0 Å². The van der Waals surface area contributed by atoms with Crippen molar-refractivity contribution >= 4 is 0 Å². The largest absolute Gasteiger partial charge is 0.401 e. The Morgan fingerprint density at radius 1 is 1.39 bits per heavy atom. The number of likely N-dealkylation sites (tertiary alicyclic amines) is 1. The van der Waals surface area contributed by atoms with Gasteiger partial charge in [0, 0.05) is 12.6 Å². The Labute approximate surface area is 108 Å². The molecule has 0 radical (unpaired) electrons. The maximum Gasteiger partial charge on any atom is 0.401 e. The molecule has 1 aliphatic heterocycles. The molecular weight excluding hydrogens is 241 g/mol. The van der Waals surface area contributed by atoms with E-state index in [1.807, 2.05) is 6.92 Å². The Balaban J connectivity index is 2.24. The molecule has 0 aromatic rings. The van der Waals surface area contributed by atoms with Crippen molar-refractivity contribution in [2.75, 3.05) is 26.2 Å². The molecule has 2 atom stereocenters. The SMILES string of the molecule is CCCN1CCCC(CC(C)NCC(F)(F)F)C1. The van der Waals surface area contributed by atoms with Crippen LogP contribution in [0.4, 0.5) is 13.2 Å². The second-order valence-electron chi connectivity index (χ2n) is 5.44. The molecule has 1 N–H and O–H groups in total. The number of alkyl halides is 3. The summed E-state index contributed by atoms with van der Waals surface area (Å²) in [6.07, 6.45) is 0.217. The molecule has 2 nitrogen and oxygen atoms in total. The van der Waals surface area contributed by atoms with Crippen LogP contribution < -0.4 is 5.32 Å². The van der Waals surface area contributed by atoms with Gasteiger partial charge in [-0.25, -0.2) is 0 Å². The minimum atomic E-state index is -4.10. The van der Waals surface area contributed by atoms with Gasteiger partial charge in [-0.15, -0.1) is 0 Å². The molecule has 108 valence electrons. The van der Waals surface area contributed by atoms with Gasteiger partial charge in [-0.1, -0.05) is 6.92 Å². The summed E-state index contributed by atoms with van der Waals surface area (Å²) in [7, 11) is 0. The monoisotopic (exact) mass is 266 g/mol. The molecule has 0 aromatic carbocycles. The van der Waals surface area contributed by atoms with E-state index in [0.717, 1.165) is 38.9 Å². The molecule has 0 amide bonds. The first kappa shape index (κ1) is 15.8. The zero-order valence-corrected chi connectivity index (χ0v) is 11.4. The molecule has 1 fully saturated rings. The zero-order chi connectivity index (χ0) is 13.6. The smallest absolute Gasteiger partial charge is 0.306 e. The number of hydrogen-bond acceptors (Lipinski definition) is 2. The van der Waals surface area contributed by atoms with Crippen LogP contribution in [0.5, 0.6) is 0 Å². The molecule has 1 saturated heterocycles. The van der Waals surface area contributed by atoms with Crippen molar-refractivity contribution in [3.8, 4) is 0 Å². The van der Waals surface area contributed by atoms with Gasteiger partial charge in [0.2, 0.25) is 0 Å². The van der Waals surface area contributed by atoms with E-state index in [0.29, 0.717) is 5.92 Å². The van der Waals surface area contributed by atoms with Gasteiger partial charge in [0.15, 0.2) is 0 Å². The van der Waals surface area contributed by atoms with Crippen LogP contribution in [-0.2, 0) is 0 Å². The average Bonchev–Trinajstić information content (AvgIpc) is 2.26. The lowest BCUT2D eigenvalue weighted by atomic mass is 9.91. The fraction of sp³-hybridized carbons (Fsp3) is 1.00.